The summed E-state index contributed by atoms with van der Waals surface area (Å²) in [5.41, 5.74) is 1.97. The highest BCUT2D eigenvalue weighted by Crippen LogP contribution is 2.42. The molecule has 1 heterocycles. The third-order valence-corrected chi connectivity index (χ3v) is 3.16. The van der Waals surface area contributed by atoms with Crippen molar-refractivity contribution in [2.24, 2.45) is 5.92 Å². The van der Waals surface area contributed by atoms with Gasteiger partial charge >= 0.3 is 5.97 Å². The molecule has 0 aliphatic carbocycles. The number of nitrogens with one attached hydrogen (secondary N) is 1. The lowest BCUT2D eigenvalue weighted by Crippen LogP contribution is -2.20. The zero-order valence-corrected chi connectivity index (χ0v) is 9.36. The van der Waals surface area contributed by atoms with Crippen molar-refractivity contribution in [2.45, 2.75) is 12.8 Å². The smallest absolute Gasteiger partial charge is 0.306 e. The van der Waals surface area contributed by atoms with Gasteiger partial charge in [0.2, 0.25) is 0 Å². The van der Waals surface area contributed by atoms with Crippen LogP contribution in [-0.2, 0) is 4.79 Å². The molecule has 4 heteroatoms. The summed E-state index contributed by atoms with van der Waals surface area (Å²) in [5, 5.41) is 12.3. The Kier molecular flexibility index (Phi) is 2.73. The lowest BCUT2D eigenvalue weighted by molar-refractivity contribution is -0.141. The van der Waals surface area contributed by atoms with Crippen molar-refractivity contribution in [3.05, 3.63) is 23.8 Å². The number of hydrogen-bond donors (Lipinski definition) is 2. The standard InChI is InChI=1S/C12H15NO3/c1-7(12(14)15)8-6-13-9-4-3-5-10(16-2)11(8)9/h3-5,7-8,13H,6H2,1-2H3,(H,14,15). The fourth-order valence-corrected chi connectivity index (χ4v) is 2.18. The van der Waals surface area contributed by atoms with Gasteiger partial charge in [0.05, 0.1) is 13.0 Å². The third kappa shape index (κ3) is 1.60. The number of carboxylic acids is 1. The number of fused-ring (bicyclic) bond motifs is 1. The van der Waals surface area contributed by atoms with Crippen LogP contribution in [0.25, 0.3) is 0 Å². The molecule has 0 aromatic heterocycles. The van der Waals surface area contributed by atoms with Crippen molar-refractivity contribution in [2.75, 3.05) is 19.0 Å². The summed E-state index contributed by atoms with van der Waals surface area (Å²) < 4.78 is 5.28. The number of ether oxygens (including phenoxy) is 1. The molecule has 1 aliphatic heterocycles. The van der Waals surface area contributed by atoms with E-state index < -0.39 is 11.9 Å². The number of benzene rings is 1. The van der Waals surface area contributed by atoms with E-state index in [9.17, 15) is 4.79 Å². The Balaban J connectivity index is 2.41. The number of hydrogen-bond acceptors (Lipinski definition) is 3. The van der Waals surface area contributed by atoms with E-state index in [1.54, 1.807) is 14.0 Å². The Labute approximate surface area is 94.2 Å². The number of methoxy groups -OCH3 is 1. The maximum absolute atomic E-state index is 11.0. The number of anilines is 1. The molecule has 1 aromatic rings. The van der Waals surface area contributed by atoms with Gasteiger partial charge in [0.15, 0.2) is 0 Å². The van der Waals surface area contributed by atoms with Gasteiger partial charge in [0.1, 0.15) is 5.75 Å². The minimum Gasteiger partial charge on any atom is -0.496 e. The number of carboxylic acid groups (broad SMARTS) is 1. The van der Waals surface area contributed by atoms with E-state index in [1.807, 2.05) is 18.2 Å². The summed E-state index contributed by atoms with van der Waals surface area (Å²) in [6.45, 7) is 2.39. The molecule has 0 saturated carbocycles. The predicted molar refractivity (Wildman–Crippen MR) is 61.0 cm³/mol. The Hall–Kier alpha value is -1.71. The van der Waals surface area contributed by atoms with Gasteiger partial charge in [-0.1, -0.05) is 13.0 Å². The number of aliphatic carboxylic acids is 1. The Bertz CT molecular complexity index is 417. The molecule has 16 heavy (non-hydrogen) atoms. The van der Waals surface area contributed by atoms with Crippen LogP contribution in [0.2, 0.25) is 0 Å². The van der Waals surface area contributed by atoms with Crippen LogP contribution in [0.3, 0.4) is 0 Å². The van der Waals surface area contributed by atoms with Gasteiger partial charge in [-0.3, -0.25) is 4.79 Å². The monoisotopic (exact) mass is 221 g/mol. The maximum atomic E-state index is 11.0. The largest absolute Gasteiger partial charge is 0.496 e. The van der Waals surface area contributed by atoms with Crippen molar-refractivity contribution >= 4 is 11.7 Å². The van der Waals surface area contributed by atoms with E-state index in [0.717, 1.165) is 17.0 Å². The average molecular weight is 221 g/mol. The van der Waals surface area contributed by atoms with Crippen LogP contribution in [0.5, 0.6) is 5.75 Å². The van der Waals surface area contributed by atoms with Crippen molar-refractivity contribution in [1.29, 1.82) is 0 Å². The average Bonchev–Trinajstić information content (AvgIpc) is 2.71. The van der Waals surface area contributed by atoms with Gasteiger partial charge in [-0.15, -0.1) is 0 Å². The van der Waals surface area contributed by atoms with Crippen LogP contribution < -0.4 is 10.1 Å². The molecule has 0 radical (unpaired) electrons. The lowest BCUT2D eigenvalue weighted by atomic mass is 9.88. The summed E-state index contributed by atoms with van der Waals surface area (Å²) in [5.74, 6) is -0.445. The Morgan fingerprint density at radius 2 is 2.38 bits per heavy atom. The first kappa shape index (κ1) is 10.8. The molecule has 86 valence electrons. The molecule has 2 rings (SSSR count). The lowest BCUT2D eigenvalue weighted by Gasteiger charge is -2.17. The SMILES string of the molecule is COc1cccc2c1C(C(C)C(=O)O)CN2. The van der Waals surface area contributed by atoms with Gasteiger partial charge < -0.3 is 15.2 Å². The molecular weight excluding hydrogens is 206 g/mol. The number of carbonyl (C=O) groups is 1. The fourth-order valence-electron chi connectivity index (χ4n) is 2.18. The van der Waals surface area contributed by atoms with Crippen LogP contribution >= 0.6 is 0 Å². The summed E-state index contributed by atoms with van der Waals surface area (Å²) in [6.07, 6.45) is 0. The molecule has 2 atom stereocenters. The molecule has 1 aliphatic rings. The number of rotatable bonds is 3. The molecule has 0 saturated heterocycles. The normalized spacial score (nSPS) is 19.8. The minimum absolute atomic E-state index is 0.0244. The first-order valence-electron chi connectivity index (χ1n) is 5.28. The van der Waals surface area contributed by atoms with Crippen LogP contribution in [0.15, 0.2) is 18.2 Å². The first-order chi connectivity index (χ1) is 7.65. The van der Waals surface area contributed by atoms with Crippen LogP contribution in [-0.4, -0.2) is 24.7 Å². The van der Waals surface area contributed by atoms with Gasteiger partial charge in [0, 0.05) is 23.7 Å². The second-order valence-electron chi connectivity index (χ2n) is 4.04. The highest BCUT2D eigenvalue weighted by Gasteiger charge is 2.33. The van der Waals surface area contributed by atoms with Crippen LogP contribution in [0, 0.1) is 5.92 Å². The second kappa shape index (κ2) is 4.04. The van der Waals surface area contributed by atoms with E-state index in [4.69, 9.17) is 9.84 Å². The highest BCUT2D eigenvalue weighted by atomic mass is 16.5. The second-order valence-corrected chi connectivity index (χ2v) is 4.04. The molecule has 0 spiro atoms. The van der Waals surface area contributed by atoms with E-state index in [0.29, 0.717) is 6.54 Å². The topological polar surface area (TPSA) is 58.6 Å². The first-order valence-corrected chi connectivity index (χ1v) is 5.28. The Morgan fingerprint density at radius 1 is 1.62 bits per heavy atom. The summed E-state index contributed by atoms with van der Waals surface area (Å²) >= 11 is 0. The predicted octanol–water partition coefficient (Wildman–Crippen LogP) is 1.92. The maximum Gasteiger partial charge on any atom is 0.306 e. The third-order valence-electron chi connectivity index (χ3n) is 3.16. The summed E-state index contributed by atoms with van der Waals surface area (Å²) in [6, 6.07) is 5.72. The van der Waals surface area contributed by atoms with Crippen molar-refractivity contribution < 1.29 is 14.6 Å². The molecule has 1 aromatic carbocycles. The molecule has 0 amide bonds. The summed E-state index contributed by atoms with van der Waals surface area (Å²) in [4.78, 5) is 11.0. The molecule has 0 bridgehead atoms. The molecule has 2 unspecified atom stereocenters. The minimum atomic E-state index is -0.773. The Morgan fingerprint density at radius 3 is 3.00 bits per heavy atom. The van der Waals surface area contributed by atoms with E-state index >= 15 is 0 Å². The van der Waals surface area contributed by atoms with E-state index in [1.165, 1.54) is 0 Å². The van der Waals surface area contributed by atoms with Crippen LogP contribution in [0.4, 0.5) is 5.69 Å². The van der Waals surface area contributed by atoms with Gasteiger partial charge in [-0.2, -0.15) is 0 Å². The van der Waals surface area contributed by atoms with Gasteiger partial charge in [-0.25, -0.2) is 0 Å². The van der Waals surface area contributed by atoms with Gasteiger partial charge in [-0.05, 0) is 12.1 Å². The molecule has 0 fully saturated rings. The molecular formula is C12H15NO3. The zero-order chi connectivity index (χ0) is 11.7. The highest BCUT2D eigenvalue weighted by molar-refractivity contribution is 5.74. The molecule has 2 N–H and O–H groups in total. The van der Waals surface area contributed by atoms with E-state index in [2.05, 4.69) is 5.32 Å². The van der Waals surface area contributed by atoms with Crippen molar-refractivity contribution in [3.8, 4) is 5.75 Å². The van der Waals surface area contributed by atoms with Crippen molar-refractivity contribution in [3.63, 3.8) is 0 Å². The summed E-state index contributed by atoms with van der Waals surface area (Å²) in [7, 11) is 1.61. The van der Waals surface area contributed by atoms with Crippen molar-refractivity contribution in [1.82, 2.24) is 0 Å². The molecule has 4 nitrogen and oxygen atoms in total. The quantitative estimate of drug-likeness (QED) is 0.818. The van der Waals surface area contributed by atoms with Gasteiger partial charge in [0.25, 0.3) is 0 Å². The van der Waals surface area contributed by atoms with Crippen LogP contribution in [0.1, 0.15) is 18.4 Å². The fraction of sp³-hybridized carbons (Fsp3) is 0.417. The zero-order valence-electron chi connectivity index (χ0n) is 9.36. The van der Waals surface area contributed by atoms with E-state index in [-0.39, 0.29) is 5.92 Å².